The molecule has 1 unspecified atom stereocenters. The molecule has 1 saturated heterocycles. The lowest BCUT2D eigenvalue weighted by Crippen LogP contribution is -2.57. The highest BCUT2D eigenvalue weighted by molar-refractivity contribution is 5.80. The SMILES string of the molecule is COC(=O)C(C)(N)CN1CCN(C)CC1. The molecule has 5 heteroatoms. The van der Waals surface area contributed by atoms with Crippen molar-refractivity contribution in [2.24, 2.45) is 5.73 Å². The van der Waals surface area contributed by atoms with Crippen LogP contribution in [0.25, 0.3) is 0 Å². The molecule has 0 radical (unpaired) electrons. The van der Waals surface area contributed by atoms with E-state index in [0.717, 1.165) is 26.2 Å². The summed E-state index contributed by atoms with van der Waals surface area (Å²) in [6.45, 7) is 6.25. The second-order valence-corrected chi connectivity index (χ2v) is 4.49. The fourth-order valence-electron chi connectivity index (χ4n) is 1.77. The van der Waals surface area contributed by atoms with Crippen LogP contribution >= 0.6 is 0 Å². The van der Waals surface area contributed by atoms with Gasteiger partial charge in [0.25, 0.3) is 0 Å². The van der Waals surface area contributed by atoms with Crippen molar-refractivity contribution >= 4 is 5.97 Å². The fourth-order valence-corrected chi connectivity index (χ4v) is 1.77. The molecule has 1 atom stereocenters. The molecular formula is C10H21N3O2. The van der Waals surface area contributed by atoms with Crippen LogP contribution in [0.4, 0.5) is 0 Å². The van der Waals surface area contributed by atoms with Crippen molar-refractivity contribution in [3.05, 3.63) is 0 Å². The van der Waals surface area contributed by atoms with Gasteiger partial charge in [-0.2, -0.15) is 0 Å². The van der Waals surface area contributed by atoms with E-state index in [1.807, 2.05) is 0 Å². The van der Waals surface area contributed by atoms with E-state index in [4.69, 9.17) is 5.73 Å². The molecule has 0 aliphatic carbocycles. The summed E-state index contributed by atoms with van der Waals surface area (Å²) in [6, 6.07) is 0. The quantitative estimate of drug-likeness (QED) is 0.620. The van der Waals surface area contributed by atoms with E-state index < -0.39 is 5.54 Å². The minimum Gasteiger partial charge on any atom is -0.468 e. The van der Waals surface area contributed by atoms with E-state index in [2.05, 4.69) is 21.6 Å². The van der Waals surface area contributed by atoms with Gasteiger partial charge < -0.3 is 15.4 Å². The molecule has 0 amide bonds. The van der Waals surface area contributed by atoms with Crippen molar-refractivity contribution in [1.82, 2.24) is 9.80 Å². The zero-order chi connectivity index (χ0) is 11.5. The Morgan fingerprint density at radius 1 is 1.40 bits per heavy atom. The molecule has 1 heterocycles. The molecule has 0 saturated carbocycles. The Morgan fingerprint density at radius 2 is 1.93 bits per heavy atom. The first-order chi connectivity index (χ1) is 6.95. The van der Waals surface area contributed by atoms with Crippen LogP contribution in [0, 0.1) is 0 Å². The van der Waals surface area contributed by atoms with Gasteiger partial charge in [-0.25, -0.2) is 0 Å². The van der Waals surface area contributed by atoms with Gasteiger partial charge in [-0.15, -0.1) is 0 Å². The Morgan fingerprint density at radius 3 is 2.40 bits per heavy atom. The van der Waals surface area contributed by atoms with Gasteiger partial charge in [0.15, 0.2) is 0 Å². The van der Waals surface area contributed by atoms with Crippen molar-refractivity contribution < 1.29 is 9.53 Å². The zero-order valence-electron chi connectivity index (χ0n) is 9.82. The third-order valence-corrected chi connectivity index (χ3v) is 2.80. The Kier molecular flexibility index (Phi) is 4.07. The van der Waals surface area contributed by atoms with Crippen molar-refractivity contribution in [2.75, 3.05) is 46.9 Å². The molecule has 88 valence electrons. The molecule has 0 aromatic rings. The molecule has 0 aromatic carbocycles. The number of nitrogens with zero attached hydrogens (tertiary/aromatic N) is 2. The van der Waals surface area contributed by atoms with Crippen LogP contribution in [-0.4, -0.2) is 68.2 Å². The smallest absolute Gasteiger partial charge is 0.326 e. The second-order valence-electron chi connectivity index (χ2n) is 4.49. The summed E-state index contributed by atoms with van der Waals surface area (Å²) in [6.07, 6.45) is 0. The second kappa shape index (κ2) is 4.92. The van der Waals surface area contributed by atoms with Gasteiger partial charge in [0.2, 0.25) is 0 Å². The molecule has 1 fully saturated rings. The molecule has 0 aromatic heterocycles. The lowest BCUT2D eigenvalue weighted by atomic mass is 10.0. The summed E-state index contributed by atoms with van der Waals surface area (Å²) in [5, 5.41) is 0. The van der Waals surface area contributed by atoms with E-state index >= 15 is 0 Å². The standard InChI is InChI=1S/C10H21N3O2/c1-10(11,9(14)15-3)8-13-6-4-12(2)5-7-13/h4-8,11H2,1-3H3. The zero-order valence-corrected chi connectivity index (χ0v) is 9.82. The Balaban J connectivity index is 2.43. The number of carbonyl (C=O) groups excluding carboxylic acids is 1. The molecule has 2 N–H and O–H groups in total. The number of ether oxygens (including phenoxy) is 1. The van der Waals surface area contributed by atoms with Crippen LogP contribution in [-0.2, 0) is 9.53 Å². The summed E-state index contributed by atoms with van der Waals surface area (Å²) >= 11 is 0. The number of piperazine rings is 1. The van der Waals surface area contributed by atoms with Gasteiger partial charge in [0.05, 0.1) is 7.11 Å². The Bertz CT molecular complexity index is 223. The molecule has 0 bridgehead atoms. The lowest BCUT2D eigenvalue weighted by Gasteiger charge is -2.36. The summed E-state index contributed by atoms with van der Waals surface area (Å²) in [7, 11) is 3.47. The van der Waals surface area contributed by atoms with Gasteiger partial charge in [-0.1, -0.05) is 0 Å². The number of nitrogens with two attached hydrogens (primary N) is 1. The molecule has 15 heavy (non-hydrogen) atoms. The minimum absolute atomic E-state index is 0.346. The number of methoxy groups -OCH3 is 1. The Labute approximate surface area is 91.2 Å². The maximum absolute atomic E-state index is 11.4. The number of hydrogen-bond donors (Lipinski definition) is 1. The number of rotatable bonds is 3. The summed E-state index contributed by atoms with van der Waals surface area (Å²) in [5.74, 6) is -0.346. The first-order valence-corrected chi connectivity index (χ1v) is 5.24. The predicted molar refractivity (Wildman–Crippen MR) is 58.5 cm³/mol. The Hall–Kier alpha value is -0.650. The molecule has 0 spiro atoms. The number of carbonyl (C=O) groups is 1. The fraction of sp³-hybridized carbons (Fsp3) is 0.900. The summed E-state index contributed by atoms with van der Waals surface area (Å²) in [4.78, 5) is 15.9. The maximum atomic E-state index is 11.4. The molecule has 1 aliphatic heterocycles. The summed E-state index contributed by atoms with van der Waals surface area (Å²) in [5.41, 5.74) is 5.01. The third kappa shape index (κ3) is 3.44. The number of hydrogen-bond acceptors (Lipinski definition) is 5. The van der Waals surface area contributed by atoms with E-state index in [0.29, 0.717) is 6.54 Å². The van der Waals surface area contributed by atoms with Gasteiger partial charge in [0, 0.05) is 32.7 Å². The van der Waals surface area contributed by atoms with Crippen molar-refractivity contribution in [3.63, 3.8) is 0 Å². The van der Waals surface area contributed by atoms with Crippen LogP contribution in [0.15, 0.2) is 0 Å². The van der Waals surface area contributed by atoms with Crippen molar-refractivity contribution in [2.45, 2.75) is 12.5 Å². The largest absolute Gasteiger partial charge is 0.468 e. The highest BCUT2D eigenvalue weighted by Crippen LogP contribution is 2.08. The molecule has 1 aliphatic rings. The average Bonchev–Trinajstić information content (AvgIpc) is 2.20. The first kappa shape index (κ1) is 12.4. The van der Waals surface area contributed by atoms with Crippen LogP contribution in [0.1, 0.15) is 6.92 Å². The van der Waals surface area contributed by atoms with E-state index in [-0.39, 0.29) is 5.97 Å². The van der Waals surface area contributed by atoms with Gasteiger partial charge in [-0.05, 0) is 14.0 Å². The van der Waals surface area contributed by atoms with Gasteiger partial charge >= 0.3 is 5.97 Å². The minimum atomic E-state index is -0.898. The average molecular weight is 215 g/mol. The topological polar surface area (TPSA) is 58.8 Å². The predicted octanol–water partition coefficient (Wildman–Crippen LogP) is -0.876. The molecular weight excluding hydrogens is 194 g/mol. The number of likely N-dealkylation sites (N-methyl/N-ethyl adjacent to an activating group) is 1. The third-order valence-electron chi connectivity index (χ3n) is 2.80. The van der Waals surface area contributed by atoms with E-state index in [9.17, 15) is 4.79 Å². The van der Waals surface area contributed by atoms with Crippen molar-refractivity contribution in [3.8, 4) is 0 Å². The molecule has 1 rings (SSSR count). The van der Waals surface area contributed by atoms with Crippen molar-refractivity contribution in [1.29, 1.82) is 0 Å². The van der Waals surface area contributed by atoms with E-state index in [1.165, 1.54) is 7.11 Å². The summed E-state index contributed by atoms with van der Waals surface area (Å²) < 4.78 is 4.68. The lowest BCUT2D eigenvalue weighted by molar-refractivity contribution is -0.147. The maximum Gasteiger partial charge on any atom is 0.326 e. The first-order valence-electron chi connectivity index (χ1n) is 5.24. The van der Waals surface area contributed by atoms with Gasteiger partial charge in [0.1, 0.15) is 5.54 Å². The van der Waals surface area contributed by atoms with Crippen LogP contribution in [0.3, 0.4) is 0 Å². The van der Waals surface area contributed by atoms with Crippen LogP contribution < -0.4 is 5.73 Å². The van der Waals surface area contributed by atoms with Crippen LogP contribution in [0.5, 0.6) is 0 Å². The normalized spacial score (nSPS) is 23.5. The number of esters is 1. The van der Waals surface area contributed by atoms with Crippen LogP contribution in [0.2, 0.25) is 0 Å². The molecule has 5 nitrogen and oxygen atoms in total. The van der Waals surface area contributed by atoms with Gasteiger partial charge in [-0.3, -0.25) is 9.69 Å². The highest BCUT2D eigenvalue weighted by atomic mass is 16.5. The highest BCUT2D eigenvalue weighted by Gasteiger charge is 2.32. The monoisotopic (exact) mass is 215 g/mol. The van der Waals surface area contributed by atoms with E-state index in [1.54, 1.807) is 6.92 Å².